The van der Waals surface area contributed by atoms with E-state index < -0.39 is 12.1 Å². The molecule has 0 unspecified atom stereocenters. The van der Waals surface area contributed by atoms with E-state index in [2.05, 4.69) is 0 Å². The van der Waals surface area contributed by atoms with Crippen molar-refractivity contribution in [2.75, 3.05) is 0 Å². The van der Waals surface area contributed by atoms with Crippen molar-refractivity contribution >= 4 is 5.97 Å². The highest BCUT2D eigenvalue weighted by molar-refractivity contribution is 5.85. The molecule has 1 aromatic rings. The molecule has 0 amide bonds. The van der Waals surface area contributed by atoms with Crippen LogP contribution in [0, 0.1) is 0 Å². The fourth-order valence-electron chi connectivity index (χ4n) is 1.27. The van der Waals surface area contributed by atoms with Gasteiger partial charge in [0.25, 0.3) is 0 Å². The Morgan fingerprint density at radius 1 is 1.23 bits per heavy atom. The van der Waals surface area contributed by atoms with Gasteiger partial charge in [-0.1, -0.05) is 30.3 Å². The van der Waals surface area contributed by atoms with Crippen LogP contribution in [0.4, 0.5) is 0 Å². The molecule has 1 aliphatic rings. The van der Waals surface area contributed by atoms with E-state index in [1.807, 2.05) is 18.2 Å². The maximum absolute atomic E-state index is 10.8. The van der Waals surface area contributed by atoms with E-state index in [1.54, 1.807) is 12.1 Å². The summed E-state index contributed by atoms with van der Waals surface area (Å²) in [5.74, 6) is -0.525. The van der Waals surface area contributed by atoms with Gasteiger partial charge in [0.2, 0.25) is 0 Å². The Kier molecular flexibility index (Phi) is 1.77. The second-order valence-electron chi connectivity index (χ2n) is 2.80. The van der Waals surface area contributed by atoms with E-state index in [-0.39, 0.29) is 5.76 Å². The first-order chi connectivity index (χ1) is 6.27. The van der Waals surface area contributed by atoms with Crippen LogP contribution in [0.25, 0.3) is 0 Å². The van der Waals surface area contributed by atoms with Gasteiger partial charge in [0.15, 0.2) is 6.10 Å². The van der Waals surface area contributed by atoms with Gasteiger partial charge in [-0.05, 0) is 0 Å². The minimum absolute atomic E-state index is 0.0313. The Hall–Kier alpha value is -1.77. The van der Waals surface area contributed by atoms with Crippen molar-refractivity contribution in [1.82, 2.24) is 0 Å². The van der Waals surface area contributed by atoms with E-state index in [0.717, 1.165) is 11.6 Å². The van der Waals surface area contributed by atoms with Crippen molar-refractivity contribution in [3.63, 3.8) is 0 Å². The average Bonchev–Trinajstić information content (AvgIpc) is 2.47. The summed E-state index contributed by atoms with van der Waals surface area (Å²) in [5, 5.41) is 9.33. The zero-order chi connectivity index (χ0) is 9.26. The summed E-state index contributed by atoms with van der Waals surface area (Å²) in [6, 6.07) is 9.12. The molecule has 0 spiro atoms. The third-order valence-electron chi connectivity index (χ3n) is 1.87. The van der Waals surface area contributed by atoms with Crippen molar-refractivity contribution in [1.29, 1.82) is 0 Å². The largest absolute Gasteiger partial charge is 0.508 e. The summed E-state index contributed by atoms with van der Waals surface area (Å²) in [6.07, 6.45) is 0.478. The molecule has 0 aliphatic carbocycles. The molecule has 0 saturated heterocycles. The van der Waals surface area contributed by atoms with Crippen LogP contribution in [-0.4, -0.2) is 11.1 Å². The summed E-state index contributed by atoms with van der Waals surface area (Å²) >= 11 is 0. The summed E-state index contributed by atoms with van der Waals surface area (Å²) in [6.45, 7) is 0. The predicted octanol–water partition coefficient (Wildman–Crippen LogP) is 1.73. The number of carbonyl (C=O) groups excluding carboxylic acids is 1. The molecule has 0 radical (unpaired) electrons. The van der Waals surface area contributed by atoms with Gasteiger partial charge in [0.05, 0.1) is 6.08 Å². The summed E-state index contributed by atoms with van der Waals surface area (Å²) in [7, 11) is 0. The number of cyclic esters (lactones) is 1. The lowest BCUT2D eigenvalue weighted by atomic mass is 10.1. The molecule has 66 valence electrons. The SMILES string of the molecule is O=C1C=C(O)[C@@H](c2ccccc2)O1. The lowest BCUT2D eigenvalue weighted by molar-refractivity contribution is -0.139. The van der Waals surface area contributed by atoms with Gasteiger partial charge >= 0.3 is 5.97 Å². The minimum Gasteiger partial charge on any atom is -0.508 e. The van der Waals surface area contributed by atoms with Crippen LogP contribution in [0.2, 0.25) is 0 Å². The number of aliphatic hydroxyl groups excluding tert-OH is 1. The molecule has 0 aromatic heterocycles. The third-order valence-corrected chi connectivity index (χ3v) is 1.87. The van der Waals surface area contributed by atoms with Crippen LogP contribution in [-0.2, 0) is 9.53 Å². The molecular formula is C10H8O3. The van der Waals surface area contributed by atoms with Gasteiger partial charge in [-0.25, -0.2) is 4.79 Å². The molecule has 2 rings (SSSR count). The van der Waals surface area contributed by atoms with Crippen molar-refractivity contribution < 1.29 is 14.6 Å². The molecule has 3 nitrogen and oxygen atoms in total. The Bertz CT molecular complexity index is 354. The smallest absolute Gasteiger partial charge is 0.335 e. The molecule has 0 saturated carbocycles. The summed E-state index contributed by atoms with van der Waals surface area (Å²) in [5.41, 5.74) is 0.780. The quantitative estimate of drug-likeness (QED) is 0.663. The highest BCUT2D eigenvalue weighted by atomic mass is 16.6. The van der Waals surface area contributed by atoms with Crippen LogP contribution in [0.1, 0.15) is 11.7 Å². The van der Waals surface area contributed by atoms with Crippen LogP contribution in [0.3, 0.4) is 0 Å². The van der Waals surface area contributed by atoms with Crippen LogP contribution in [0.15, 0.2) is 42.2 Å². The molecule has 3 heteroatoms. The maximum Gasteiger partial charge on any atom is 0.335 e. The van der Waals surface area contributed by atoms with Gasteiger partial charge in [0.1, 0.15) is 5.76 Å². The molecule has 0 bridgehead atoms. The second-order valence-corrected chi connectivity index (χ2v) is 2.80. The monoisotopic (exact) mass is 176 g/mol. The highest BCUT2D eigenvalue weighted by Gasteiger charge is 2.26. The number of hydrogen-bond acceptors (Lipinski definition) is 3. The number of esters is 1. The summed E-state index contributed by atoms with van der Waals surface area (Å²) < 4.78 is 4.88. The molecule has 1 aliphatic heterocycles. The molecule has 1 aromatic carbocycles. The fourth-order valence-corrected chi connectivity index (χ4v) is 1.27. The molecule has 13 heavy (non-hydrogen) atoms. The van der Waals surface area contributed by atoms with Crippen molar-refractivity contribution in [2.24, 2.45) is 0 Å². The first-order valence-electron chi connectivity index (χ1n) is 3.93. The van der Waals surface area contributed by atoms with Gasteiger partial charge < -0.3 is 9.84 Å². The topological polar surface area (TPSA) is 46.5 Å². The van der Waals surface area contributed by atoms with E-state index in [9.17, 15) is 9.90 Å². The van der Waals surface area contributed by atoms with E-state index >= 15 is 0 Å². The molecule has 1 heterocycles. The number of rotatable bonds is 1. The highest BCUT2D eigenvalue weighted by Crippen LogP contribution is 2.28. The lowest BCUT2D eigenvalue weighted by Crippen LogP contribution is -2.02. The molecule has 0 fully saturated rings. The number of aliphatic hydroxyl groups is 1. The number of benzene rings is 1. The lowest BCUT2D eigenvalue weighted by Gasteiger charge is -2.09. The van der Waals surface area contributed by atoms with E-state index in [0.29, 0.717) is 0 Å². The van der Waals surface area contributed by atoms with E-state index in [4.69, 9.17) is 4.74 Å². The minimum atomic E-state index is -0.617. The zero-order valence-corrected chi connectivity index (χ0v) is 6.81. The Balaban J connectivity index is 2.30. The normalized spacial score (nSPS) is 21.1. The zero-order valence-electron chi connectivity index (χ0n) is 6.81. The standard InChI is InChI=1S/C10H8O3/c11-8-6-9(12)13-10(8)7-4-2-1-3-5-7/h1-6,10-11H/t10-/m1/s1. The predicted molar refractivity (Wildman–Crippen MR) is 46.0 cm³/mol. The Morgan fingerprint density at radius 2 is 1.92 bits per heavy atom. The Labute approximate surface area is 75.3 Å². The number of ether oxygens (including phenoxy) is 1. The van der Waals surface area contributed by atoms with Crippen LogP contribution in [0.5, 0.6) is 0 Å². The van der Waals surface area contributed by atoms with Gasteiger partial charge in [-0.3, -0.25) is 0 Å². The first-order valence-corrected chi connectivity index (χ1v) is 3.93. The number of carbonyl (C=O) groups is 1. The van der Waals surface area contributed by atoms with Gasteiger partial charge in [-0.2, -0.15) is 0 Å². The summed E-state index contributed by atoms with van der Waals surface area (Å²) in [4.78, 5) is 10.8. The average molecular weight is 176 g/mol. The maximum atomic E-state index is 10.8. The van der Waals surface area contributed by atoms with Crippen molar-refractivity contribution in [3.8, 4) is 0 Å². The van der Waals surface area contributed by atoms with Crippen LogP contribution >= 0.6 is 0 Å². The molecular weight excluding hydrogens is 168 g/mol. The fraction of sp³-hybridized carbons (Fsp3) is 0.100. The first kappa shape index (κ1) is 7.86. The molecule has 1 N–H and O–H groups in total. The number of hydrogen-bond donors (Lipinski definition) is 1. The van der Waals surface area contributed by atoms with Crippen molar-refractivity contribution in [2.45, 2.75) is 6.10 Å². The molecule has 1 atom stereocenters. The van der Waals surface area contributed by atoms with Crippen molar-refractivity contribution in [3.05, 3.63) is 47.7 Å². The second kappa shape index (κ2) is 2.94. The van der Waals surface area contributed by atoms with Gasteiger partial charge in [0, 0.05) is 5.56 Å². The van der Waals surface area contributed by atoms with E-state index in [1.165, 1.54) is 0 Å². The van der Waals surface area contributed by atoms with Crippen LogP contribution < -0.4 is 0 Å². The Morgan fingerprint density at radius 3 is 2.46 bits per heavy atom. The van der Waals surface area contributed by atoms with Gasteiger partial charge in [-0.15, -0.1) is 0 Å². The third kappa shape index (κ3) is 1.40.